The molecule has 0 aromatic rings. The molecule has 2 N–H and O–H groups in total. The molecule has 0 bridgehead atoms. The second-order valence-corrected chi connectivity index (χ2v) is 4.59. The van der Waals surface area contributed by atoms with Gasteiger partial charge in [0.1, 0.15) is 0 Å². The lowest BCUT2D eigenvalue weighted by Gasteiger charge is -2.28. The largest absolute Gasteiger partial charge is 0.307 e. The van der Waals surface area contributed by atoms with Crippen LogP contribution in [0.4, 0.5) is 0 Å². The first-order valence-corrected chi connectivity index (χ1v) is 5.31. The minimum Gasteiger partial charge on any atom is -0.307 e. The molecule has 1 fully saturated rings. The zero-order valence-corrected chi connectivity index (χ0v) is 8.70. The molecule has 0 saturated carbocycles. The summed E-state index contributed by atoms with van der Waals surface area (Å²) in [6.45, 7) is 3.82. The van der Waals surface area contributed by atoms with E-state index in [0.717, 1.165) is 19.5 Å². The highest BCUT2D eigenvalue weighted by Crippen LogP contribution is 2.14. The Morgan fingerprint density at radius 2 is 2.25 bits per heavy atom. The van der Waals surface area contributed by atoms with Crippen molar-refractivity contribution in [1.82, 2.24) is 14.3 Å². The zero-order chi connectivity index (χ0) is 9.19. The highest BCUT2D eigenvalue weighted by molar-refractivity contribution is 7.81. The molecule has 0 aromatic heterocycles. The average molecular weight is 191 g/mol. The molecule has 1 saturated heterocycles. The molecule has 2 atom stereocenters. The molecule has 1 aliphatic rings. The molecule has 0 aliphatic carbocycles. The van der Waals surface area contributed by atoms with Crippen molar-refractivity contribution >= 4 is 11.2 Å². The smallest absolute Gasteiger partial charge is 0.167 e. The van der Waals surface area contributed by atoms with Crippen molar-refractivity contribution in [2.75, 3.05) is 27.2 Å². The molecular formula is C7H17N3OS. The van der Waals surface area contributed by atoms with E-state index in [1.807, 2.05) is 14.1 Å². The molecule has 4 nitrogen and oxygen atoms in total. The van der Waals surface area contributed by atoms with Crippen molar-refractivity contribution in [1.29, 1.82) is 0 Å². The molecule has 0 amide bonds. The second-order valence-electron chi connectivity index (χ2n) is 3.56. The molecule has 1 rings (SSSR count). The van der Waals surface area contributed by atoms with Crippen LogP contribution in [0.15, 0.2) is 0 Å². The van der Waals surface area contributed by atoms with Gasteiger partial charge >= 0.3 is 0 Å². The number of likely N-dealkylation sites (N-methyl/N-ethyl adjacent to an activating group) is 1. The lowest BCUT2D eigenvalue weighted by molar-refractivity contribution is 0.271. The molecule has 0 spiro atoms. The summed E-state index contributed by atoms with van der Waals surface area (Å²) in [6, 6.07) is 0. The van der Waals surface area contributed by atoms with Gasteiger partial charge in [-0.15, -0.1) is 0 Å². The maximum Gasteiger partial charge on any atom is 0.167 e. The first kappa shape index (κ1) is 10.1. The quantitative estimate of drug-likeness (QED) is 0.630. The zero-order valence-electron chi connectivity index (χ0n) is 7.89. The summed E-state index contributed by atoms with van der Waals surface area (Å²) in [6.07, 6.45) is 0.990. The van der Waals surface area contributed by atoms with Crippen LogP contribution in [-0.2, 0) is 11.2 Å². The summed E-state index contributed by atoms with van der Waals surface area (Å²) in [7, 11) is 4.06. The van der Waals surface area contributed by atoms with Crippen LogP contribution in [0.3, 0.4) is 0 Å². The van der Waals surface area contributed by atoms with Gasteiger partial charge in [0, 0.05) is 13.1 Å². The third-order valence-corrected chi connectivity index (χ3v) is 3.17. The predicted octanol–water partition coefficient (Wildman–Crippen LogP) is -0.532. The molecule has 72 valence electrons. The second kappa shape index (κ2) is 3.83. The van der Waals surface area contributed by atoms with Crippen molar-refractivity contribution in [3.8, 4) is 0 Å². The van der Waals surface area contributed by atoms with Crippen molar-refractivity contribution < 1.29 is 4.21 Å². The molecule has 0 aromatic carbocycles. The Labute approximate surface area is 76.4 Å². The van der Waals surface area contributed by atoms with Gasteiger partial charge in [-0.1, -0.05) is 6.92 Å². The van der Waals surface area contributed by atoms with E-state index in [9.17, 15) is 4.21 Å². The minimum atomic E-state index is -1.04. The highest BCUT2D eigenvalue weighted by atomic mass is 32.2. The van der Waals surface area contributed by atoms with Crippen molar-refractivity contribution in [2.45, 2.75) is 18.9 Å². The summed E-state index contributed by atoms with van der Waals surface area (Å²) in [5.74, 6) is 0. The van der Waals surface area contributed by atoms with Gasteiger partial charge in [0.2, 0.25) is 0 Å². The normalized spacial score (nSPS) is 36.2. The first-order valence-electron chi connectivity index (χ1n) is 4.16. The van der Waals surface area contributed by atoms with Gasteiger partial charge in [-0.3, -0.25) is 0 Å². The van der Waals surface area contributed by atoms with E-state index in [2.05, 4.69) is 21.3 Å². The minimum absolute atomic E-state index is 0.00559. The third kappa shape index (κ3) is 2.26. The molecule has 12 heavy (non-hydrogen) atoms. The van der Waals surface area contributed by atoms with Crippen LogP contribution in [0, 0.1) is 0 Å². The van der Waals surface area contributed by atoms with Gasteiger partial charge in [0.05, 0.1) is 5.54 Å². The third-order valence-electron chi connectivity index (χ3n) is 2.15. The topological polar surface area (TPSA) is 44.4 Å². The van der Waals surface area contributed by atoms with Crippen LogP contribution in [0.1, 0.15) is 13.3 Å². The molecular weight excluding hydrogens is 174 g/mol. The summed E-state index contributed by atoms with van der Waals surface area (Å²) < 4.78 is 17.0. The predicted molar refractivity (Wildman–Crippen MR) is 50.9 cm³/mol. The van der Waals surface area contributed by atoms with Crippen LogP contribution in [0.25, 0.3) is 0 Å². The monoisotopic (exact) mass is 191 g/mol. The summed E-state index contributed by atoms with van der Waals surface area (Å²) in [5.41, 5.74) is -0.00559. The average Bonchev–Trinajstić information content (AvgIpc) is 2.32. The van der Waals surface area contributed by atoms with E-state index < -0.39 is 11.2 Å². The fraction of sp³-hybridized carbons (Fsp3) is 1.00. The number of nitrogens with zero attached hydrogens (tertiary/aromatic N) is 1. The van der Waals surface area contributed by atoms with Gasteiger partial charge in [0.25, 0.3) is 0 Å². The fourth-order valence-corrected chi connectivity index (χ4v) is 2.63. The van der Waals surface area contributed by atoms with Crippen molar-refractivity contribution in [2.24, 2.45) is 0 Å². The molecule has 2 unspecified atom stereocenters. The Hall–Kier alpha value is 0.0300. The van der Waals surface area contributed by atoms with Crippen molar-refractivity contribution in [3.63, 3.8) is 0 Å². The van der Waals surface area contributed by atoms with E-state index >= 15 is 0 Å². The number of rotatable bonds is 3. The Kier molecular flexibility index (Phi) is 3.22. The SMILES string of the molecule is CCC1(CN(C)C)CNS(=O)N1. The van der Waals surface area contributed by atoms with E-state index in [-0.39, 0.29) is 5.54 Å². The van der Waals surface area contributed by atoms with Crippen molar-refractivity contribution in [3.05, 3.63) is 0 Å². The summed E-state index contributed by atoms with van der Waals surface area (Å²) in [5, 5.41) is 0. The number of nitrogens with one attached hydrogen (secondary N) is 2. The fourth-order valence-electron chi connectivity index (χ4n) is 1.47. The molecule has 5 heteroatoms. The van der Waals surface area contributed by atoms with Gasteiger partial charge in [-0.25, -0.2) is 13.7 Å². The van der Waals surface area contributed by atoms with Crippen LogP contribution >= 0.6 is 0 Å². The van der Waals surface area contributed by atoms with Gasteiger partial charge in [-0.2, -0.15) is 0 Å². The van der Waals surface area contributed by atoms with Crippen LogP contribution in [-0.4, -0.2) is 41.8 Å². The lowest BCUT2D eigenvalue weighted by atomic mass is 9.97. The molecule has 1 heterocycles. The summed E-state index contributed by atoms with van der Waals surface area (Å²) >= 11 is -1.04. The van der Waals surface area contributed by atoms with E-state index in [4.69, 9.17) is 0 Å². The Balaban J connectivity index is 2.58. The Morgan fingerprint density at radius 1 is 1.58 bits per heavy atom. The van der Waals surface area contributed by atoms with E-state index in [0.29, 0.717) is 0 Å². The lowest BCUT2D eigenvalue weighted by Crippen LogP contribution is -2.50. The molecule has 0 radical (unpaired) electrons. The highest BCUT2D eigenvalue weighted by Gasteiger charge is 2.35. The number of hydrogen-bond acceptors (Lipinski definition) is 2. The molecule has 1 aliphatic heterocycles. The Morgan fingerprint density at radius 3 is 2.58 bits per heavy atom. The maximum atomic E-state index is 11.1. The van der Waals surface area contributed by atoms with Crippen LogP contribution in [0.2, 0.25) is 0 Å². The van der Waals surface area contributed by atoms with Gasteiger partial charge < -0.3 is 4.90 Å². The van der Waals surface area contributed by atoms with Gasteiger partial charge in [-0.05, 0) is 20.5 Å². The standard InChI is InChI=1S/C7H17N3OS/c1-4-7(6-10(2)3)5-8-12(11)9-7/h8-9H,4-6H2,1-3H3. The van der Waals surface area contributed by atoms with Crippen LogP contribution in [0.5, 0.6) is 0 Å². The maximum absolute atomic E-state index is 11.1. The van der Waals surface area contributed by atoms with E-state index in [1.165, 1.54) is 0 Å². The number of hydrogen-bond donors (Lipinski definition) is 2. The van der Waals surface area contributed by atoms with Gasteiger partial charge in [0.15, 0.2) is 11.2 Å². The van der Waals surface area contributed by atoms with E-state index in [1.54, 1.807) is 0 Å². The summed E-state index contributed by atoms with van der Waals surface area (Å²) in [4.78, 5) is 2.11. The van der Waals surface area contributed by atoms with Crippen LogP contribution < -0.4 is 9.44 Å². The Bertz CT molecular complexity index is 185. The first-order chi connectivity index (χ1) is 5.58.